The zero-order valence-corrected chi connectivity index (χ0v) is 18.7. The molecule has 2 aliphatic rings. The van der Waals surface area contributed by atoms with Gasteiger partial charge in [0, 0.05) is 31.2 Å². The van der Waals surface area contributed by atoms with Crippen molar-refractivity contribution in [3.63, 3.8) is 0 Å². The molecule has 1 aromatic carbocycles. The van der Waals surface area contributed by atoms with Gasteiger partial charge >= 0.3 is 5.97 Å². The lowest BCUT2D eigenvalue weighted by atomic mass is 9.96. The molecule has 0 aliphatic carbocycles. The molecule has 0 unspecified atom stereocenters. The molecule has 2 aliphatic heterocycles. The lowest BCUT2D eigenvalue weighted by Crippen LogP contribution is -2.45. The molecule has 1 saturated heterocycles. The number of hydrogen-bond donors (Lipinski definition) is 3. The summed E-state index contributed by atoms with van der Waals surface area (Å²) >= 11 is 0. The van der Waals surface area contributed by atoms with Gasteiger partial charge in [-0.2, -0.15) is 5.10 Å². The van der Waals surface area contributed by atoms with Crippen LogP contribution in [0.2, 0.25) is 0 Å². The smallest absolute Gasteiger partial charge is 0.338 e. The summed E-state index contributed by atoms with van der Waals surface area (Å²) in [5, 5.41) is 7.66. The molecule has 2 aromatic rings. The molecule has 0 saturated carbocycles. The number of pyridine rings is 1. The van der Waals surface area contributed by atoms with Crippen LogP contribution in [0.15, 0.2) is 35.6 Å². The minimum absolute atomic E-state index is 0.121. The van der Waals surface area contributed by atoms with Crippen LogP contribution in [-0.4, -0.2) is 53.8 Å². The standard InChI is InChI=1S/C23H29N7O3/c1-15-16(2-4-19-20(15)13-33-23(19)32)6-9-29-10-7-17(8-11-29)28-22(31)21-5-3-18(12-26-21)30(25)14-27-24/h2-5,12,14,17H,6-11,13,24-25H2,1H3,(H,28,31)/b27-14-. The zero-order chi connectivity index (χ0) is 23.4. The Balaban J connectivity index is 1.24. The lowest BCUT2D eigenvalue weighted by molar-refractivity contribution is 0.0534. The van der Waals surface area contributed by atoms with Gasteiger partial charge in [0.15, 0.2) is 0 Å². The first-order chi connectivity index (χ1) is 16.0. The van der Waals surface area contributed by atoms with Crippen LogP contribution in [0.3, 0.4) is 0 Å². The van der Waals surface area contributed by atoms with Crippen molar-refractivity contribution in [3.05, 3.63) is 58.4 Å². The number of cyclic esters (lactones) is 1. The minimum atomic E-state index is -0.225. The fraction of sp³-hybridized carbons (Fsp3) is 0.391. The third-order valence-electron chi connectivity index (χ3n) is 6.37. The number of anilines is 1. The maximum atomic E-state index is 12.6. The number of rotatable bonds is 7. The molecule has 1 fully saturated rings. The van der Waals surface area contributed by atoms with Crippen molar-refractivity contribution < 1.29 is 14.3 Å². The second-order valence-electron chi connectivity index (χ2n) is 8.36. The molecular weight excluding hydrogens is 422 g/mol. The SMILES string of the molecule is Cc1c(CCN2CCC(NC(=O)c3ccc(N(N)/C=N\N)cn3)CC2)ccc2c1COC2=O. The van der Waals surface area contributed by atoms with Crippen LogP contribution in [0.1, 0.15) is 50.4 Å². The van der Waals surface area contributed by atoms with Gasteiger partial charge in [-0.3, -0.25) is 9.80 Å². The monoisotopic (exact) mass is 451 g/mol. The van der Waals surface area contributed by atoms with E-state index in [0.717, 1.165) is 50.0 Å². The zero-order valence-electron chi connectivity index (χ0n) is 18.7. The van der Waals surface area contributed by atoms with Gasteiger partial charge in [-0.25, -0.2) is 15.6 Å². The first-order valence-electron chi connectivity index (χ1n) is 11.0. The second kappa shape index (κ2) is 9.97. The summed E-state index contributed by atoms with van der Waals surface area (Å²) in [4.78, 5) is 30.9. The highest BCUT2D eigenvalue weighted by Crippen LogP contribution is 2.26. The van der Waals surface area contributed by atoms with Crippen molar-refractivity contribution in [1.82, 2.24) is 15.2 Å². The minimum Gasteiger partial charge on any atom is -0.457 e. The van der Waals surface area contributed by atoms with Crippen molar-refractivity contribution in [2.45, 2.75) is 38.8 Å². The van der Waals surface area contributed by atoms with E-state index in [0.29, 0.717) is 23.6 Å². The molecule has 0 bridgehead atoms. The van der Waals surface area contributed by atoms with Crippen LogP contribution in [0, 0.1) is 6.92 Å². The maximum Gasteiger partial charge on any atom is 0.338 e. The Morgan fingerprint density at radius 1 is 1.33 bits per heavy atom. The molecule has 3 heterocycles. The van der Waals surface area contributed by atoms with Crippen molar-refractivity contribution >= 4 is 23.9 Å². The van der Waals surface area contributed by atoms with Crippen molar-refractivity contribution in [2.24, 2.45) is 16.8 Å². The Labute approximate surface area is 192 Å². The number of fused-ring (bicyclic) bond motifs is 1. The van der Waals surface area contributed by atoms with Crippen LogP contribution < -0.4 is 22.0 Å². The van der Waals surface area contributed by atoms with Gasteiger partial charge in [-0.15, -0.1) is 0 Å². The van der Waals surface area contributed by atoms with Crippen LogP contribution in [-0.2, 0) is 17.8 Å². The second-order valence-corrected chi connectivity index (χ2v) is 8.36. The van der Waals surface area contributed by atoms with E-state index in [4.69, 9.17) is 16.4 Å². The van der Waals surface area contributed by atoms with E-state index in [-0.39, 0.29) is 17.9 Å². The highest BCUT2D eigenvalue weighted by Gasteiger charge is 2.25. The molecule has 0 spiro atoms. The summed E-state index contributed by atoms with van der Waals surface area (Å²) in [5.41, 5.74) is 5.05. The van der Waals surface area contributed by atoms with Crippen LogP contribution >= 0.6 is 0 Å². The molecule has 0 atom stereocenters. The number of nitrogens with zero attached hydrogens (tertiary/aromatic N) is 4. The Morgan fingerprint density at radius 2 is 2.12 bits per heavy atom. The molecule has 10 nitrogen and oxygen atoms in total. The largest absolute Gasteiger partial charge is 0.457 e. The number of aromatic nitrogens is 1. The number of hydrazine groups is 1. The summed E-state index contributed by atoms with van der Waals surface area (Å²) < 4.78 is 5.15. The highest BCUT2D eigenvalue weighted by molar-refractivity contribution is 5.94. The van der Waals surface area contributed by atoms with Gasteiger partial charge < -0.3 is 20.8 Å². The molecule has 1 amide bonds. The van der Waals surface area contributed by atoms with Gasteiger partial charge in [-0.1, -0.05) is 6.07 Å². The Morgan fingerprint density at radius 3 is 2.82 bits per heavy atom. The molecule has 1 aromatic heterocycles. The quantitative estimate of drug-likeness (QED) is 0.187. The van der Waals surface area contributed by atoms with E-state index < -0.39 is 0 Å². The number of benzene rings is 1. The first-order valence-corrected chi connectivity index (χ1v) is 11.0. The van der Waals surface area contributed by atoms with E-state index in [1.165, 1.54) is 23.1 Å². The predicted octanol–water partition coefficient (Wildman–Crippen LogP) is 1.08. The lowest BCUT2D eigenvalue weighted by Gasteiger charge is -2.32. The van der Waals surface area contributed by atoms with Gasteiger partial charge in [0.05, 0.1) is 17.4 Å². The molecule has 5 N–H and O–H groups in total. The number of carbonyl (C=O) groups excluding carboxylic acids is 2. The average Bonchev–Trinajstić information content (AvgIpc) is 3.21. The van der Waals surface area contributed by atoms with E-state index in [2.05, 4.69) is 27.2 Å². The number of hydrogen-bond acceptors (Lipinski definition) is 8. The number of piperidine rings is 1. The number of nitrogens with one attached hydrogen (secondary N) is 1. The molecular formula is C23H29N7O3. The fourth-order valence-corrected chi connectivity index (χ4v) is 4.32. The molecule has 0 radical (unpaired) electrons. The third kappa shape index (κ3) is 5.12. The maximum absolute atomic E-state index is 12.6. The summed E-state index contributed by atoms with van der Waals surface area (Å²) in [5.74, 6) is 10.4. The molecule has 33 heavy (non-hydrogen) atoms. The Hall–Kier alpha value is -3.50. The number of carbonyl (C=O) groups is 2. The summed E-state index contributed by atoms with van der Waals surface area (Å²) in [6.45, 7) is 5.23. The van der Waals surface area contributed by atoms with Gasteiger partial charge in [0.1, 0.15) is 18.6 Å². The van der Waals surface area contributed by atoms with Crippen LogP contribution in [0.4, 0.5) is 5.69 Å². The van der Waals surface area contributed by atoms with E-state index >= 15 is 0 Å². The fourth-order valence-electron chi connectivity index (χ4n) is 4.32. The Bertz CT molecular complexity index is 1050. The van der Waals surface area contributed by atoms with Crippen LogP contribution in [0.25, 0.3) is 0 Å². The van der Waals surface area contributed by atoms with Crippen LogP contribution in [0.5, 0.6) is 0 Å². The first kappa shape index (κ1) is 22.7. The summed E-state index contributed by atoms with van der Waals surface area (Å²) in [7, 11) is 0. The number of esters is 1. The number of ether oxygens (including phenoxy) is 1. The molecule has 4 rings (SSSR count). The van der Waals surface area contributed by atoms with E-state index in [9.17, 15) is 9.59 Å². The third-order valence-corrected chi connectivity index (χ3v) is 6.37. The van der Waals surface area contributed by atoms with Gasteiger partial charge in [0.2, 0.25) is 0 Å². The molecule has 10 heteroatoms. The number of likely N-dealkylation sites (tertiary alicyclic amines) is 1. The number of amides is 1. The Kier molecular flexibility index (Phi) is 6.85. The highest BCUT2D eigenvalue weighted by atomic mass is 16.5. The van der Waals surface area contributed by atoms with Crippen molar-refractivity contribution in [2.75, 3.05) is 24.6 Å². The normalized spacial score (nSPS) is 16.6. The van der Waals surface area contributed by atoms with Gasteiger partial charge in [-0.05, 0) is 55.5 Å². The number of nitrogens with two attached hydrogens (primary N) is 2. The topological polar surface area (TPSA) is 139 Å². The van der Waals surface area contributed by atoms with Crippen molar-refractivity contribution in [3.8, 4) is 0 Å². The number of hydrazone groups is 1. The summed E-state index contributed by atoms with van der Waals surface area (Å²) in [6.07, 6.45) is 5.46. The van der Waals surface area contributed by atoms with Gasteiger partial charge in [0.25, 0.3) is 5.91 Å². The van der Waals surface area contributed by atoms with E-state index in [1.54, 1.807) is 12.1 Å². The predicted molar refractivity (Wildman–Crippen MR) is 125 cm³/mol. The molecule has 174 valence electrons. The average molecular weight is 452 g/mol. The van der Waals surface area contributed by atoms with Crippen molar-refractivity contribution in [1.29, 1.82) is 0 Å². The summed E-state index contributed by atoms with van der Waals surface area (Å²) in [6, 6.07) is 7.36. The van der Waals surface area contributed by atoms with E-state index in [1.807, 2.05) is 12.1 Å².